The quantitative estimate of drug-likeness (QED) is 0.866. The molecule has 0 bridgehead atoms. The molecule has 0 saturated heterocycles. The molecule has 0 heterocycles. The molecule has 1 aromatic carbocycles. The van der Waals surface area contributed by atoms with Crippen LogP contribution in [-0.4, -0.2) is 5.91 Å². The number of primary amides is 1. The van der Waals surface area contributed by atoms with Gasteiger partial charge in [0.1, 0.15) is 0 Å². The third kappa shape index (κ3) is 3.34. The molecule has 0 aliphatic heterocycles. The molecule has 1 saturated carbocycles. The van der Waals surface area contributed by atoms with E-state index in [0.29, 0.717) is 18.3 Å². The third-order valence-corrected chi connectivity index (χ3v) is 4.15. The van der Waals surface area contributed by atoms with Gasteiger partial charge in [-0.2, -0.15) is 0 Å². The molecule has 1 aliphatic carbocycles. The second-order valence-corrected chi connectivity index (χ2v) is 5.59. The van der Waals surface area contributed by atoms with Gasteiger partial charge >= 0.3 is 0 Å². The molecule has 1 fully saturated rings. The standard InChI is InChI=1S/C16H23NO/c1-12-7-9-14(10-8-12)15(11-16(17)18)13-5-3-2-4-6-13/h7-10,13,15H,2-6,11H2,1H3,(H2,17,18). The molecule has 18 heavy (non-hydrogen) atoms. The van der Waals surface area contributed by atoms with Gasteiger partial charge in [-0.3, -0.25) is 4.79 Å². The van der Waals surface area contributed by atoms with Crippen molar-refractivity contribution in [2.45, 2.75) is 51.4 Å². The Labute approximate surface area is 110 Å². The second-order valence-electron chi connectivity index (χ2n) is 5.59. The van der Waals surface area contributed by atoms with Crippen LogP contribution in [0.2, 0.25) is 0 Å². The van der Waals surface area contributed by atoms with Gasteiger partial charge in [0.2, 0.25) is 5.91 Å². The summed E-state index contributed by atoms with van der Waals surface area (Å²) in [5, 5.41) is 0. The lowest BCUT2D eigenvalue weighted by atomic mass is 9.75. The number of hydrogen-bond donors (Lipinski definition) is 1. The maximum atomic E-state index is 11.3. The van der Waals surface area contributed by atoms with Crippen LogP contribution >= 0.6 is 0 Å². The van der Waals surface area contributed by atoms with Crippen molar-refractivity contribution in [2.75, 3.05) is 0 Å². The van der Waals surface area contributed by atoms with Crippen LogP contribution < -0.4 is 5.73 Å². The zero-order valence-electron chi connectivity index (χ0n) is 11.2. The van der Waals surface area contributed by atoms with E-state index in [-0.39, 0.29) is 5.91 Å². The Kier molecular flexibility index (Phi) is 4.40. The van der Waals surface area contributed by atoms with Crippen molar-refractivity contribution in [3.63, 3.8) is 0 Å². The number of carbonyl (C=O) groups excluding carboxylic acids is 1. The molecule has 1 atom stereocenters. The van der Waals surface area contributed by atoms with E-state index >= 15 is 0 Å². The van der Waals surface area contributed by atoms with Crippen molar-refractivity contribution in [2.24, 2.45) is 11.7 Å². The molecule has 2 heteroatoms. The number of benzene rings is 1. The molecule has 0 spiro atoms. The zero-order valence-corrected chi connectivity index (χ0v) is 11.2. The summed E-state index contributed by atoms with van der Waals surface area (Å²) in [5.74, 6) is 0.781. The summed E-state index contributed by atoms with van der Waals surface area (Å²) in [4.78, 5) is 11.3. The van der Waals surface area contributed by atoms with Gasteiger partial charge in [-0.25, -0.2) is 0 Å². The first-order chi connectivity index (χ1) is 8.66. The van der Waals surface area contributed by atoms with E-state index in [1.165, 1.54) is 43.2 Å². The van der Waals surface area contributed by atoms with Crippen LogP contribution in [-0.2, 0) is 4.79 Å². The summed E-state index contributed by atoms with van der Waals surface area (Å²) < 4.78 is 0. The Bertz CT molecular complexity index is 390. The summed E-state index contributed by atoms with van der Waals surface area (Å²) >= 11 is 0. The first-order valence-corrected chi connectivity index (χ1v) is 7.01. The van der Waals surface area contributed by atoms with Crippen molar-refractivity contribution in [3.05, 3.63) is 35.4 Å². The molecule has 2 N–H and O–H groups in total. The van der Waals surface area contributed by atoms with Crippen molar-refractivity contribution >= 4 is 5.91 Å². The van der Waals surface area contributed by atoms with E-state index in [1.807, 2.05) is 0 Å². The molecule has 0 aromatic heterocycles. The largest absolute Gasteiger partial charge is 0.370 e. The van der Waals surface area contributed by atoms with E-state index in [2.05, 4.69) is 31.2 Å². The number of nitrogens with two attached hydrogens (primary N) is 1. The molecule has 1 aromatic rings. The van der Waals surface area contributed by atoms with E-state index in [9.17, 15) is 4.79 Å². The minimum Gasteiger partial charge on any atom is -0.370 e. The summed E-state index contributed by atoms with van der Waals surface area (Å²) in [7, 11) is 0. The minimum atomic E-state index is -0.175. The molecule has 2 rings (SSSR count). The molecule has 2 nitrogen and oxygen atoms in total. The number of amides is 1. The third-order valence-electron chi connectivity index (χ3n) is 4.15. The fraction of sp³-hybridized carbons (Fsp3) is 0.562. The molecule has 98 valence electrons. The smallest absolute Gasteiger partial charge is 0.218 e. The van der Waals surface area contributed by atoms with Crippen LogP contribution in [0.4, 0.5) is 0 Å². The van der Waals surface area contributed by atoms with Crippen molar-refractivity contribution in [1.29, 1.82) is 0 Å². The van der Waals surface area contributed by atoms with Crippen LogP contribution in [0.5, 0.6) is 0 Å². The lowest BCUT2D eigenvalue weighted by Crippen LogP contribution is -2.23. The average molecular weight is 245 g/mol. The molecule has 1 unspecified atom stereocenters. The van der Waals surface area contributed by atoms with E-state index in [4.69, 9.17) is 5.73 Å². The highest BCUT2D eigenvalue weighted by molar-refractivity contribution is 5.74. The van der Waals surface area contributed by atoms with Crippen molar-refractivity contribution < 1.29 is 4.79 Å². The molecular weight excluding hydrogens is 222 g/mol. The van der Waals surface area contributed by atoms with E-state index in [0.717, 1.165) is 0 Å². The second kappa shape index (κ2) is 6.03. The predicted octanol–water partition coefficient (Wildman–Crippen LogP) is 3.53. The van der Waals surface area contributed by atoms with Gasteiger partial charge in [0.25, 0.3) is 0 Å². The van der Waals surface area contributed by atoms with Crippen molar-refractivity contribution in [3.8, 4) is 0 Å². The molecule has 0 radical (unpaired) electrons. The monoisotopic (exact) mass is 245 g/mol. The first kappa shape index (κ1) is 13.1. The van der Waals surface area contributed by atoms with E-state index < -0.39 is 0 Å². The van der Waals surface area contributed by atoms with Crippen LogP contribution in [0.15, 0.2) is 24.3 Å². The maximum absolute atomic E-state index is 11.3. The maximum Gasteiger partial charge on any atom is 0.218 e. The lowest BCUT2D eigenvalue weighted by molar-refractivity contribution is -0.118. The van der Waals surface area contributed by atoms with Crippen LogP contribution in [0.1, 0.15) is 55.6 Å². The summed E-state index contributed by atoms with van der Waals surface area (Å²) in [6.07, 6.45) is 6.91. The molecular formula is C16H23NO. The van der Waals surface area contributed by atoms with Crippen molar-refractivity contribution in [1.82, 2.24) is 0 Å². The lowest BCUT2D eigenvalue weighted by Gasteiger charge is -2.30. The predicted molar refractivity (Wildman–Crippen MR) is 74.3 cm³/mol. The Morgan fingerprint density at radius 1 is 1.22 bits per heavy atom. The molecule has 1 aliphatic rings. The van der Waals surface area contributed by atoms with Gasteiger partial charge in [-0.05, 0) is 37.2 Å². The number of hydrogen-bond acceptors (Lipinski definition) is 1. The first-order valence-electron chi connectivity index (χ1n) is 7.01. The highest BCUT2D eigenvalue weighted by atomic mass is 16.1. The highest BCUT2D eigenvalue weighted by Gasteiger charge is 2.26. The fourth-order valence-electron chi connectivity index (χ4n) is 3.12. The van der Waals surface area contributed by atoms with Crippen LogP contribution in [0.25, 0.3) is 0 Å². The Morgan fingerprint density at radius 3 is 2.39 bits per heavy atom. The van der Waals surface area contributed by atoms with Gasteiger partial charge in [0, 0.05) is 6.42 Å². The Hall–Kier alpha value is -1.31. The van der Waals surface area contributed by atoms with Gasteiger partial charge < -0.3 is 5.73 Å². The SMILES string of the molecule is Cc1ccc(C(CC(N)=O)C2CCCCC2)cc1. The average Bonchev–Trinajstić information content (AvgIpc) is 2.38. The van der Waals surface area contributed by atoms with Gasteiger partial charge in [-0.1, -0.05) is 49.1 Å². The van der Waals surface area contributed by atoms with Gasteiger partial charge in [-0.15, -0.1) is 0 Å². The van der Waals surface area contributed by atoms with E-state index in [1.54, 1.807) is 0 Å². The topological polar surface area (TPSA) is 43.1 Å². The normalized spacial score (nSPS) is 18.5. The summed E-state index contributed by atoms with van der Waals surface area (Å²) in [5.41, 5.74) is 7.98. The van der Waals surface area contributed by atoms with Gasteiger partial charge in [0.15, 0.2) is 0 Å². The van der Waals surface area contributed by atoms with Crippen LogP contribution in [0.3, 0.4) is 0 Å². The number of rotatable bonds is 4. The van der Waals surface area contributed by atoms with Gasteiger partial charge in [0.05, 0.1) is 0 Å². The highest BCUT2D eigenvalue weighted by Crippen LogP contribution is 2.38. The number of aryl methyl sites for hydroxylation is 1. The molecule has 1 amide bonds. The summed E-state index contributed by atoms with van der Waals surface area (Å²) in [6, 6.07) is 8.59. The van der Waals surface area contributed by atoms with Crippen LogP contribution in [0, 0.1) is 12.8 Å². The zero-order chi connectivity index (χ0) is 13.0. The summed E-state index contributed by atoms with van der Waals surface area (Å²) in [6.45, 7) is 2.09. The fourth-order valence-corrected chi connectivity index (χ4v) is 3.12. The minimum absolute atomic E-state index is 0.175. The Balaban J connectivity index is 2.17. The Morgan fingerprint density at radius 2 is 1.83 bits per heavy atom. The number of carbonyl (C=O) groups is 1.